The molecule has 528 valence electrons. The third kappa shape index (κ3) is 63.2. The van der Waals surface area contributed by atoms with E-state index in [0.29, 0.717) is 25.7 Å². The zero-order chi connectivity index (χ0) is 65.7. The summed E-state index contributed by atoms with van der Waals surface area (Å²) in [5.41, 5.74) is 0. The fourth-order valence-electron chi connectivity index (χ4n) is 10.6. The maximum Gasteiger partial charge on any atom is 0.472 e. The van der Waals surface area contributed by atoms with Gasteiger partial charge in [-0.1, -0.05) is 305 Å². The van der Waals surface area contributed by atoms with Crippen molar-refractivity contribution in [3.8, 4) is 0 Å². The maximum absolute atomic E-state index is 13.0. The first kappa shape index (κ1) is 87.1. The minimum atomic E-state index is -4.95. The lowest BCUT2D eigenvalue weighted by molar-refractivity contribution is -0.161. The molecule has 17 nitrogen and oxygen atoms in total. The van der Waals surface area contributed by atoms with E-state index in [1.54, 1.807) is 0 Å². The Morgan fingerprint density at radius 1 is 0.326 bits per heavy atom. The zero-order valence-corrected chi connectivity index (χ0v) is 59.5. The lowest BCUT2D eigenvalue weighted by Crippen LogP contribution is -2.30. The van der Waals surface area contributed by atoms with Gasteiger partial charge in [0.25, 0.3) is 0 Å². The number of unbranched alkanes of at least 4 members (excludes halogenated alkanes) is 38. The van der Waals surface area contributed by atoms with Gasteiger partial charge in [-0.05, 0) is 37.5 Å². The second-order valence-electron chi connectivity index (χ2n) is 26.0. The number of hydrogen-bond donors (Lipinski definition) is 3. The lowest BCUT2D eigenvalue weighted by Gasteiger charge is -2.21. The molecule has 6 atom stereocenters. The Bertz CT molecular complexity index is 1740. The van der Waals surface area contributed by atoms with Crippen molar-refractivity contribution in [3.05, 3.63) is 0 Å². The van der Waals surface area contributed by atoms with Crippen molar-refractivity contribution < 1.29 is 80.2 Å². The van der Waals surface area contributed by atoms with E-state index < -0.39 is 97.5 Å². The van der Waals surface area contributed by atoms with E-state index in [1.165, 1.54) is 173 Å². The quantitative estimate of drug-likeness (QED) is 0.0222. The number of carbonyl (C=O) groups excluding carboxylic acids is 4. The smallest absolute Gasteiger partial charge is 0.462 e. The normalized spacial score (nSPS) is 14.4. The van der Waals surface area contributed by atoms with E-state index in [1.807, 2.05) is 0 Å². The largest absolute Gasteiger partial charge is 0.472 e. The van der Waals surface area contributed by atoms with E-state index in [2.05, 4.69) is 41.5 Å². The minimum Gasteiger partial charge on any atom is -0.462 e. The fourth-order valence-corrected chi connectivity index (χ4v) is 12.1. The summed E-state index contributed by atoms with van der Waals surface area (Å²) in [7, 11) is -9.90. The van der Waals surface area contributed by atoms with Crippen molar-refractivity contribution >= 4 is 39.5 Å². The molecule has 0 fully saturated rings. The molecule has 0 aliphatic heterocycles. The van der Waals surface area contributed by atoms with Crippen molar-refractivity contribution in [1.29, 1.82) is 0 Å². The molecule has 0 saturated carbocycles. The molecule has 0 aromatic rings. The molecule has 0 heterocycles. The number of aliphatic hydroxyl groups excluding tert-OH is 1. The van der Waals surface area contributed by atoms with Crippen LogP contribution in [0.2, 0.25) is 0 Å². The molecule has 3 unspecified atom stereocenters. The molecule has 0 bridgehead atoms. The molecular formula is C70H136O17P2. The summed E-state index contributed by atoms with van der Waals surface area (Å²) in [6.45, 7) is 9.53. The molecule has 89 heavy (non-hydrogen) atoms. The molecule has 0 aliphatic rings. The number of phosphoric acid groups is 2. The minimum absolute atomic E-state index is 0.105. The first-order valence-electron chi connectivity index (χ1n) is 36.5. The fraction of sp³-hybridized carbons (Fsp3) is 0.943. The summed E-state index contributed by atoms with van der Waals surface area (Å²) >= 11 is 0. The second kappa shape index (κ2) is 62.2. The molecule has 0 spiro atoms. The van der Waals surface area contributed by atoms with Crippen LogP contribution in [-0.4, -0.2) is 96.7 Å². The number of phosphoric ester groups is 2. The van der Waals surface area contributed by atoms with Crippen LogP contribution in [0, 0.1) is 11.8 Å². The van der Waals surface area contributed by atoms with Crippen molar-refractivity contribution in [2.24, 2.45) is 11.8 Å². The van der Waals surface area contributed by atoms with Gasteiger partial charge in [0.05, 0.1) is 26.4 Å². The molecule has 0 aromatic carbocycles. The topological polar surface area (TPSA) is 237 Å². The van der Waals surface area contributed by atoms with Gasteiger partial charge in [0.2, 0.25) is 0 Å². The Kier molecular flexibility index (Phi) is 60.8. The van der Waals surface area contributed by atoms with Gasteiger partial charge in [0.15, 0.2) is 12.2 Å². The molecule has 19 heteroatoms. The molecule has 0 aliphatic carbocycles. The standard InChI is InChI=1S/C70H136O17P2/c1-7-10-12-14-16-18-20-21-22-23-28-35-41-47-53-68(73)81-58-65(86-69(74)54-48-42-36-29-25-24-26-33-39-45-51-63(6)9-3)60-84-88(76,77)82-56-64(71)57-83-89(78,79)85-61-66(59-80-67(72)52-46-40-34-27-19-17-15-13-11-8-2)87-70(75)55-49-43-37-31-30-32-38-44-50-62(4)5/h62-66,71H,7-61H2,1-6H3,(H,76,77)(H,78,79)/t63?,64-,65-,66-/m1/s1. The summed E-state index contributed by atoms with van der Waals surface area (Å²) < 4.78 is 68.3. The number of aliphatic hydroxyl groups is 1. The summed E-state index contributed by atoms with van der Waals surface area (Å²) in [5, 5.41) is 10.6. The van der Waals surface area contributed by atoms with Crippen LogP contribution in [0.1, 0.15) is 356 Å². The summed E-state index contributed by atoms with van der Waals surface area (Å²) in [4.78, 5) is 72.5. The van der Waals surface area contributed by atoms with Crippen LogP contribution in [0.5, 0.6) is 0 Å². The first-order valence-corrected chi connectivity index (χ1v) is 39.5. The van der Waals surface area contributed by atoms with Gasteiger partial charge in [0.1, 0.15) is 19.3 Å². The average molecular weight is 1310 g/mol. The van der Waals surface area contributed by atoms with Gasteiger partial charge in [-0.3, -0.25) is 37.3 Å². The van der Waals surface area contributed by atoms with Crippen LogP contribution in [-0.2, 0) is 65.4 Å². The van der Waals surface area contributed by atoms with E-state index in [9.17, 15) is 43.2 Å². The third-order valence-corrected chi connectivity index (χ3v) is 18.5. The monoisotopic (exact) mass is 1310 g/mol. The molecular weight excluding hydrogens is 1170 g/mol. The Balaban J connectivity index is 5.25. The van der Waals surface area contributed by atoms with Crippen molar-refractivity contribution in [2.45, 2.75) is 374 Å². The van der Waals surface area contributed by atoms with E-state index >= 15 is 0 Å². The van der Waals surface area contributed by atoms with Crippen LogP contribution in [0.25, 0.3) is 0 Å². The molecule has 0 aromatic heterocycles. The molecule has 0 radical (unpaired) electrons. The van der Waals surface area contributed by atoms with Crippen LogP contribution < -0.4 is 0 Å². The van der Waals surface area contributed by atoms with Crippen molar-refractivity contribution in [3.63, 3.8) is 0 Å². The molecule has 0 rings (SSSR count). The summed E-state index contributed by atoms with van der Waals surface area (Å²) in [5.74, 6) is -0.603. The van der Waals surface area contributed by atoms with Crippen LogP contribution >= 0.6 is 15.6 Å². The van der Waals surface area contributed by atoms with Crippen LogP contribution in [0.15, 0.2) is 0 Å². The highest BCUT2D eigenvalue weighted by Gasteiger charge is 2.30. The molecule has 0 saturated heterocycles. The van der Waals surface area contributed by atoms with Gasteiger partial charge in [0, 0.05) is 25.7 Å². The van der Waals surface area contributed by atoms with Gasteiger partial charge in [-0.25, -0.2) is 9.13 Å². The Labute approximate surface area is 543 Å². The Hall–Kier alpha value is -1.94. The highest BCUT2D eigenvalue weighted by atomic mass is 31.2. The lowest BCUT2D eigenvalue weighted by atomic mass is 9.99. The average Bonchev–Trinajstić information content (AvgIpc) is 3.69. The number of esters is 4. The SMILES string of the molecule is CCCCCCCCCCCCCCCCC(=O)OC[C@H](COP(=O)(O)OC[C@@H](O)COP(=O)(O)OC[C@@H](COC(=O)CCCCCCCCCCCC)OC(=O)CCCCCCCCCCC(C)C)OC(=O)CCCCCCCCCCCCC(C)CC. The predicted octanol–water partition coefficient (Wildman–Crippen LogP) is 20.0. The first-order chi connectivity index (χ1) is 42.9. The highest BCUT2D eigenvalue weighted by molar-refractivity contribution is 7.47. The Morgan fingerprint density at radius 2 is 0.573 bits per heavy atom. The van der Waals surface area contributed by atoms with Gasteiger partial charge < -0.3 is 33.8 Å². The summed E-state index contributed by atoms with van der Waals surface area (Å²) in [6, 6.07) is 0. The molecule has 3 N–H and O–H groups in total. The Morgan fingerprint density at radius 3 is 0.854 bits per heavy atom. The maximum atomic E-state index is 13.0. The van der Waals surface area contributed by atoms with Gasteiger partial charge in [-0.15, -0.1) is 0 Å². The van der Waals surface area contributed by atoms with Gasteiger partial charge in [-0.2, -0.15) is 0 Å². The van der Waals surface area contributed by atoms with E-state index in [-0.39, 0.29) is 25.7 Å². The van der Waals surface area contributed by atoms with E-state index in [4.69, 9.17) is 37.0 Å². The summed E-state index contributed by atoms with van der Waals surface area (Å²) in [6.07, 6.45) is 47.0. The van der Waals surface area contributed by atoms with Crippen molar-refractivity contribution in [2.75, 3.05) is 39.6 Å². The number of hydrogen-bond acceptors (Lipinski definition) is 15. The van der Waals surface area contributed by atoms with E-state index in [0.717, 1.165) is 102 Å². The second-order valence-corrected chi connectivity index (χ2v) is 28.9. The number of ether oxygens (including phenoxy) is 4. The predicted molar refractivity (Wildman–Crippen MR) is 358 cm³/mol. The third-order valence-electron chi connectivity index (χ3n) is 16.6. The number of rotatable bonds is 69. The van der Waals surface area contributed by atoms with Gasteiger partial charge >= 0.3 is 39.5 Å². The van der Waals surface area contributed by atoms with Crippen molar-refractivity contribution in [1.82, 2.24) is 0 Å². The molecule has 0 amide bonds. The highest BCUT2D eigenvalue weighted by Crippen LogP contribution is 2.45. The van der Waals surface area contributed by atoms with Crippen LogP contribution in [0.4, 0.5) is 0 Å². The zero-order valence-electron chi connectivity index (χ0n) is 57.7. The van der Waals surface area contributed by atoms with Crippen LogP contribution in [0.3, 0.4) is 0 Å². The number of carbonyl (C=O) groups is 4.